The molecule has 2 unspecified atom stereocenters. The van der Waals surface area contributed by atoms with E-state index >= 15 is 0 Å². The zero-order valence-corrected chi connectivity index (χ0v) is 15.1. The molecule has 0 spiro atoms. The van der Waals surface area contributed by atoms with Crippen LogP contribution in [0.3, 0.4) is 0 Å². The molecule has 1 aromatic carbocycles. The Morgan fingerprint density at radius 3 is 2.58 bits per heavy atom. The summed E-state index contributed by atoms with van der Waals surface area (Å²) in [5.41, 5.74) is 1.24. The van der Waals surface area contributed by atoms with Gasteiger partial charge in [-0.25, -0.2) is 4.79 Å². The van der Waals surface area contributed by atoms with Crippen LogP contribution in [0.4, 0.5) is 4.79 Å². The maximum Gasteiger partial charge on any atom is 0.410 e. The van der Waals surface area contributed by atoms with E-state index in [1.807, 2.05) is 13.8 Å². The molecule has 138 valence electrons. The second-order valence-electron chi connectivity index (χ2n) is 7.14. The number of nitrogens with zero attached hydrogens (tertiary/aromatic N) is 3. The van der Waals surface area contributed by atoms with Crippen molar-refractivity contribution in [3.63, 3.8) is 0 Å². The lowest BCUT2D eigenvalue weighted by Crippen LogP contribution is -2.33. The van der Waals surface area contributed by atoms with Gasteiger partial charge in [-0.2, -0.15) is 5.26 Å². The first-order chi connectivity index (χ1) is 12.5. The number of carbonyl (C=O) groups excluding carboxylic acids is 2. The number of benzene rings is 1. The fourth-order valence-corrected chi connectivity index (χ4v) is 3.60. The second kappa shape index (κ2) is 7.65. The Hall–Kier alpha value is -2.75. The van der Waals surface area contributed by atoms with Crippen molar-refractivity contribution >= 4 is 12.5 Å². The summed E-state index contributed by atoms with van der Waals surface area (Å²) in [6.07, 6.45) is 0.483. The van der Waals surface area contributed by atoms with Crippen LogP contribution in [0.5, 0.6) is 5.75 Å². The summed E-state index contributed by atoms with van der Waals surface area (Å²) in [5.74, 6) is 1.23. The van der Waals surface area contributed by atoms with Crippen molar-refractivity contribution in [1.82, 2.24) is 9.80 Å². The molecule has 26 heavy (non-hydrogen) atoms. The highest BCUT2D eigenvalue weighted by Gasteiger charge is 2.41. The lowest BCUT2D eigenvalue weighted by atomic mass is 10.0. The normalized spacial score (nSPS) is 21.5. The quantitative estimate of drug-likeness (QED) is 0.753. The maximum absolute atomic E-state index is 12.4. The Kier molecular flexibility index (Phi) is 5.31. The number of nitriles is 1. The van der Waals surface area contributed by atoms with Crippen molar-refractivity contribution < 1.29 is 19.1 Å². The Morgan fingerprint density at radius 2 is 2.00 bits per heavy atom. The van der Waals surface area contributed by atoms with Gasteiger partial charge in [0.1, 0.15) is 12.4 Å². The van der Waals surface area contributed by atoms with Crippen molar-refractivity contribution in [3.8, 4) is 11.8 Å². The number of ether oxygens (including phenoxy) is 2. The van der Waals surface area contributed by atoms with Crippen LogP contribution in [0, 0.1) is 23.2 Å². The average molecular weight is 357 g/mol. The molecule has 7 nitrogen and oxygen atoms in total. The van der Waals surface area contributed by atoms with Crippen LogP contribution in [0.25, 0.3) is 0 Å². The molecule has 7 heteroatoms. The summed E-state index contributed by atoms with van der Waals surface area (Å²) >= 11 is 0. The molecular formula is C19H23N3O4. The van der Waals surface area contributed by atoms with Gasteiger partial charge in [-0.1, -0.05) is 6.07 Å². The number of likely N-dealkylation sites (tertiary alicyclic amines) is 2. The van der Waals surface area contributed by atoms with Crippen molar-refractivity contribution in [3.05, 3.63) is 29.3 Å². The standard InChI is InChI=1S/C19H23N3O4/c1-13(2)26-18-5-14(6-20)3-4-15(18)11-25-19(24)22-9-16-7-21(12-23)8-17(16)10-22/h3-5,12-13,16-17H,7-11H2,1-2H3. The van der Waals surface area contributed by atoms with Crippen LogP contribution in [-0.2, 0) is 16.1 Å². The Morgan fingerprint density at radius 1 is 1.31 bits per heavy atom. The number of hydrogen-bond donors (Lipinski definition) is 0. The zero-order valence-electron chi connectivity index (χ0n) is 15.1. The van der Waals surface area contributed by atoms with Crippen molar-refractivity contribution in [2.75, 3.05) is 26.2 Å². The molecule has 0 radical (unpaired) electrons. The number of amides is 2. The number of carbonyl (C=O) groups is 2. The fourth-order valence-electron chi connectivity index (χ4n) is 3.60. The van der Waals surface area contributed by atoms with E-state index in [1.54, 1.807) is 28.0 Å². The van der Waals surface area contributed by atoms with Crippen LogP contribution < -0.4 is 4.74 Å². The summed E-state index contributed by atoms with van der Waals surface area (Å²) in [5, 5.41) is 9.04. The van der Waals surface area contributed by atoms with Gasteiger partial charge in [0.15, 0.2) is 0 Å². The SMILES string of the molecule is CC(C)Oc1cc(C#N)ccc1COC(=O)N1CC2CN(C=O)CC2C1. The molecule has 0 bridgehead atoms. The molecular weight excluding hydrogens is 334 g/mol. The van der Waals surface area contributed by atoms with Gasteiger partial charge >= 0.3 is 6.09 Å². The van der Waals surface area contributed by atoms with Gasteiger partial charge in [0.25, 0.3) is 0 Å². The molecule has 0 aliphatic carbocycles. The monoisotopic (exact) mass is 357 g/mol. The molecule has 0 aromatic heterocycles. The third-order valence-electron chi connectivity index (χ3n) is 4.83. The molecule has 2 aliphatic heterocycles. The van der Waals surface area contributed by atoms with Gasteiger partial charge in [0.05, 0.1) is 17.7 Å². The van der Waals surface area contributed by atoms with Crippen molar-refractivity contribution in [1.29, 1.82) is 5.26 Å². The molecule has 2 fully saturated rings. The van der Waals surface area contributed by atoms with E-state index in [4.69, 9.17) is 14.7 Å². The Bertz CT molecular complexity index is 714. The number of fused-ring (bicyclic) bond motifs is 1. The minimum atomic E-state index is -0.350. The van der Waals surface area contributed by atoms with Crippen LogP contribution in [-0.4, -0.2) is 54.6 Å². The van der Waals surface area contributed by atoms with Gasteiger partial charge < -0.3 is 19.3 Å². The Balaban J connectivity index is 1.58. The van der Waals surface area contributed by atoms with Crippen LogP contribution in [0.1, 0.15) is 25.0 Å². The van der Waals surface area contributed by atoms with E-state index in [2.05, 4.69) is 6.07 Å². The smallest absolute Gasteiger partial charge is 0.410 e. The van der Waals surface area contributed by atoms with Crippen LogP contribution in [0.2, 0.25) is 0 Å². The van der Waals surface area contributed by atoms with Gasteiger partial charge in [-0.05, 0) is 26.0 Å². The summed E-state index contributed by atoms with van der Waals surface area (Å²) in [6, 6.07) is 7.19. The van der Waals surface area contributed by atoms with E-state index in [0.29, 0.717) is 49.3 Å². The van der Waals surface area contributed by atoms with Gasteiger partial charge in [-0.3, -0.25) is 4.79 Å². The highest BCUT2D eigenvalue weighted by molar-refractivity contribution is 5.68. The van der Waals surface area contributed by atoms with E-state index in [0.717, 1.165) is 12.0 Å². The zero-order chi connectivity index (χ0) is 18.7. The van der Waals surface area contributed by atoms with Crippen molar-refractivity contribution in [2.45, 2.75) is 26.6 Å². The summed E-state index contributed by atoms with van der Waals surface area (Å²) in [7, 11) is 0. The lowest BCUT2D eigenvalue weighted by Gasteiger charge is -2.20. The highest BCUT2D eigenvalue weighted by atomic mass is 16.6. The van der Waals surface area contributed by atoms with E-state index in [-0.39, 0.29) is 18.8 Å². The summed E-state index contributed by atoms with van der Waals surface area (Å²) < 4.78 is 11.2. The lowest BCUT2D eigenvalue weighted by molar-refractivity contribution is -0.117. The van der Waals surface area contributed by atoms with Gasteiger partial charge in [0.2, 0.25) is 6.41 Å². The van der Waals surface area contributed by atoms with Crippen molar-refractivity contribution in [2.24, 2.45) is 11.8 Å². The Labute approximate surface area is 153 Å². The van der Waals surface area contributed by atoms with E-state index in [1.165, 1.54) is 0 Å². The second-order valence-corrected chi connectivity index (χ2v) is 7.14. The average Bonchev–Trinajstić information content (AvgIpc) is 3.18. The first kappa shape index (κ1) is 18.1. The van der Waals surface area contributed by atoms with Gasteiger partial charge in [-0.15, -0.1) is 0 Å². The first-order valence-electron chi connectivity index (χ1n) is 8.81. The fraction of sp³-hybridized carbons (Fsp3) is 0.526. The van der Waals surface area contributed by atoms with Crippen LogP contribution >= 0.6 is 0 Å². The molecule has 3 rings (SSSR count). The number of hydrogen-bond acceptors (Lipinski definition) is 5. The molecule has 2 amide bonds. The predicted octanol–water partition coefficient (Wildman–Crippen LogP) is 2.00. The predicted molar refractivity (Wildman–Crippen MR) is 93.3 cm³/mol. The van der Waals surface area contributed by atoms with Crippen LogP contribution in [0.15, 0.2) is 18.2 Å². The largest absolute Gasteiger partial charge is 0.491 e. The molecule has 2 atom stereocenters. The first-order valence-corrected chi connectivity index (χ1v) is 8.81. The minimum Gasteiger partial charge on any atom is -0.491 e. The third-order valence-corrected chi connectivity index (χ3v) is 4.83. The molecule has 2 saturated heterocycles. The number of rotatable bonds is 5. The molecule has 2 aliphatic rings. The maximum atomic E-state index is 12.4. The summed E-state index contributed by atoms with van der Waals surface area (Å²) in [4.78, 5) is 26.7. The molecule has 0 N–H and O–H groups in total. The molecule has 0 saturated carbocycles. The third kappa shape index (κ3) is 3.90. The molecule has 2 heterocycles. The topological polar surface area (TPSA) is 82.9 Å². The van der Waals surface area contributed by atoms with Gasteiger partial charge in [0, 0.05) is 43.6 Å². The van der Waals surface area contributed by atoms with E-state index < -0.39 is 0 Å². The highest BCUT2D eigenvalue weighted by Crippen LogP contribution is 2.31. The minimum absolute atomic E-state index is 0.0443. The van der Waals surface area contributed by atoms with E-state index in [9.17, 15) is 9.59 Å². The molecule has 1 aromatic rings. The summed E-state index contributed by atoms with van der Waals surface area (Å²) in [6.45, 7) is 6.56.